The van der Waals surface area contributed by atoms with E-state index in [2.05, 4.69) is 20.0 Å². The fourth-order valence-electron chi connectivity index (χ4n) is 2.77. The number of hydrogen-bond acceptors (Lipinski definition) is 5. The first-order chi connectivity index (χ1) is 12.9. The van der Waals surface area contributed by atoms with Crippen molar-refractivity contribution in [3.05, 3.63) is 52.7 Å². The van der Waals surface area contributed by atoms with E-state index >= 15 is 0 Å². The highest BCUT2D eigenvalue weighted by molar-refractivity contribution is 7.15. The highest BCUT2D eigenvalue weighted by Gasteiger charge is 2.38. The Morgan fingerprint density at radius 2 is 2.04 bits per heavy atom. The van der Waals surface area contributed by atoms with Crippen LogP contribution in [0.3, 0.4) is 0 Å². The van der Waals surface area contributed by atoms with Crippen LogP contribution in [-0.2, 0) is 19.1 Å². The number of benzene rings is 1. The lowest BCUT2D eigenvalue weighted by Crippen LogP contribution is -2.38. The monoisotopic (exact) mass is 394 g/mol. The number of hydrogen-bond donors (Lipinski definition) is 1. The summed E-state index contributed by atoms with van der Waals surface area (Å²) in [6, 6.07) is 10.7. The van der Waals surface area contributed by atoms with E-state index in [4.69, 9.17) is 0 Å². The molecule has 140 valence electrons. The molecule has 6 nitrogen and oxygen atoms in total. The molecule has 0 saturated carbocycles. The van der Waals surface area contributed by atoms with Crippen molar-refractivity contribution in [2.24, 2.45) is 0 Å². The molecule has 0 unspecified atom stereocenters. The van der Waals surface area contributed by atoms with Gasteiger partial charge in [0.05, 0.1) is 11.4 Å². The van der Waals surface area contributed by atoms with Crippen LogP contribution in [-0.4, -0.2) is 27.6 Å². The maximum Gasteiger partial charge on any atom is 0.471 e. The minimum Gasteiger partial charge on any atom is -0.329 e. The van der Waals surface area contributed by atoms with Gasteiger partial charge in [-0.15, -0.1) is 11.3 Å². The number of nitrogens with one attached hydrogen (secondary N) is 1. The third kappa shape index (κ3) is 3.65. The third-order valence-electron chi connectivity index (χ3n) is 4.08. The molecule has 1 N–H and O–H groups in total. The van der Waals surface area contributed by atoms with Crippen LogP contribution in [0.1, 0.15) is 16.3 Å². The number of anilines is 1. The molecule has 0 saturated heterocycles. The van der Waals surface area contributed by atoms with Crippen LogP contribution < -0.4 is 5.32 Å². The van der Waals surface area contributed by atoms with Gasteiger partial charge in [0, 0.05) is 17.1 Å². The number of alkyl halides is 3. The Morgan fingerprint density at radius 3 is 2.74 bits per heavy atom. The fourth-order valence-corrected chi connectivity index (χ4v) is 3.92. The summed E-state index contributed by atoms with van der Waals surface area (Å²) in [5.41, 5.74) is 1.68. The lowest BCUT2D eigenvalue weighted by atomic mass is 10.1. The summed E-state index contributed by atoms with van der Waals surface area (Å²) in [4.78, 5) is 18.9. The lowest BCUT2D eigenvalue weighted by Gasteiger charge is -2.27. The van der Waals surface area contributed by atoms with Crippen molar-refractivity contribution >= 4 is 23.1 Å². The molecule has 0 fully saturated rings. The van der Waals surface area contributed by atoms with Crippen LogP contribution in [0.4, 0.5) is 23.7 Å². The van der Waals surface area contributed by atoms with Crippen molar-refractivity contribution in [1.82, 2.24) is 15.0 Å². The Kier molecular flexibility index (Phi) is 4.34. The normalized spacial score (nSPS) is 14.1. The predicted octanol–water partition coefficient (Wildman–Crippen LogP) is 4.41. The Morgan fingerprint density at radius 1 is 1.26 bits per heavy atom. The average Bonchev–Trinajstić information content (AvgIpc) is 3.28. The third-order valence-corrected chi connectivity index (χ3v) is 5.24. The van der Waals surface area contributed by atoms with E-state index in [0.717, 1.165) is 10.4 Å². The summed E-state index contributed by atoms with van der Waals surface area (Å²) in [5, 5.41) is 6.25. The number of aromatic nitrogens is 2. The molecule has 1 aliphatic rings. The van der Waals surface area contributed by atoms with Gasteiger partial charge in [0.1, 0.15) is 0 Å². The number of carbonyl (C=O) groups is 1. The number of fused-ring (bicyclic) bond motifs is 1. The molecule has 3 heterocycles. The van der Waals surface area contributed by atoms with E-state index in [-0.39, 0.29) is 11.9 Å². The van der Waals surface area contributed by atoms with E-state index in [1.807, 2.05) is 18.2 Å². The summed E-state index contributed by atoms with van der Waals surface area (Å²) < 4.78 is 42.1. The zero-order valence-corrected chi connectivity index (χ0v) is 14.6. The van der Waals surface area contributed by atoms with Gasteiger partial charge in [-0.05, 0) is 30.2 Å². The summed E-state index contributed by atoms with van der Waals surface area (Å²) >= 11 is 1.27. The molecule has 1 aromatic carbocycles. The van der Waals surface area contributed by atoms with Crippen LogP contribution in [0.25, 0.3) is 10.7 Å². The first-order valence-electron chi connectivity index (χ1n) is 8.04. The molecule has 0 spiro atoms. The van der Waals surface area contributed by atoms with Crippen LogP contribution >= 0.6 is 11.3 Å². The van der Waals surface area contributed by atoms with E-state index < -0.39 is 12.1 Å². The second-order valence-electron chi connectivity index (χ2n) is 5.95. The molecule has 0 radical (unpaired) electrons. The Labute approximate surface area is 155 Å². The van der Waals surface area contributed by atoms with Gasteiger partial charge in [-0.3, -0.25) is 0 Å². The molecule has 4 rings (SSSR count). The predicted molar refractivity (Wildman–Crippen MR) is 92.2 cm³/mol. The SMILES string of the molecule is O=C(Nc1ccccc1)N1CCc2cc(-c3noc(C(F)(F)F)n3)sc2C1. The highest BCUT2D eigenvalue weighted by Crippen LogP contribution is 2.35. The second-order valence-corrected chi connectivity index (χ2v) is 7.08. The maximum atomic E-state index is 12.6. The fraction of sp³-hybridized carbons (Fsp3) is 0.235. The number of para-hydroxylation sites is 1. The Hall–Kier alpha value is -2.88. The van der Waals surface area contributed by atoms with Gasteiger partial charge < -0.3 is 14.7 Å². The number of carbonyl (C=O) groups excluding carboxylic acids is 1. The van der Waals surface area contributed by atoms with Crippen molar-refractivity contribution in [3.63, 3.8) is 0 Å². The van der Waals surface area contributed by atoms with E-state index in [9.17, 15) is 18.0 Å². The molecule has 3 aromatic rings. The first kappa shape index (κ1) is 17.5. The molecule has 0 bridgehead atoms. The van der Waals surface area contributed by atoms with Crippen LogP contribution in [0.15, 0.2) is 40.9 Å². The van der Waals surface area contributed by atoms with Gasteiger partial charge >= 0.3 is 18.1 Å². The number of urea groups is 1. The first-order valence-corrected chi connectivity index (χ1v) is 8.85. The van der Waals surface area contributed by atoms with Crippen molar-refractivity contribution in [1.29, 1.82) is 0 Å². The Balaban J connectivity index is 1.49. The zero-order valence-electron chi connectivity index (χ0n) is 13.8. The van der Waals surface area contributed by atoms with E-state index in [1.54, 1.807) is 23.1 Å². The van der Waals surface area contributed by atoms with Crippen LogP contribution in [0.5, 0.6) is 0 Å². The smallest absolute Gasteiger partial charge is 0.329 e. The molecule has 1 aliphatic heterocycles. The molecule has 27 heavy (non-hydrogen) atoms. The van der Waals surface area contributed by atoms with Crippen molar-refractivity contribution < 1.29 is 22.5 Å². The van der Waals surface area contributed by atoms with E-state index in [1.165, 1.54) is 11.3 Å². The average molecular weight is 394 g/mol. The van der Waals surface area contributed by atoms with Gasteiger partial charge in [0.15, 0.2) is 0 Å². The van der Waals surface area contributed by atoms with Crippen molar-refractivity contribution in [2.75, 3.05) is 11.9 Å². The minimum atomic E-state index is -4.67. The highest BCUT2D eigenvalue weighted by atomic mass is 32.1. The number of thiophene rings is 1. The number of halogens is 3. The Bertz CT molecular complexity index is 968. The van der Waals surface area contributed by atoms with Crippen LogP contribution in [0.2, 0.25) is 0 Å². The summed E-state index contributed by atoms with van der Waals surface area (Å²) in [6.07, 6.45) is -4.06. The van der Waals surface area contributed by atoms with Gasteiger partial charge in [-0.2, -0.15) is 18.2 Å². The summed E-state index contributed by atoms with van der Waals surface area (Å²) in [5.74, 6) is -1.46. The van der Waals surface area contributed by atoms with Crippen molar-refractivity contribution in [3.8, 4) is 10.7 Å². The molecule has 10 heteroatoms. The van der Waals surface area contributed by atoms with E-state index in [0.29, 0.717) is 30.1 Å². The standard InChI is InChI=1S/C17H13F3N4O2S/c18-17(19,20)15-22-14(23-26-15)12-8-10-6-7-24(9-13(10)27-12)16(25)21-11-4-2-1-3-5-11/h1-5,8H,6-7,9H2,(H,21,25). The molecular weight excluding hydrogens is 381 g/mol. The number of nitrogens with zero attached hydrogens (tertiary/aromatic N) is 3. The topological polar surface area (TPSA) is 71.3 Å². The largest absolute Gasteiger partial charge is 0.471 e. The maximum absolute atomic E-state index is 12.6. The number of rotatable bonds is 2. The molecule has 0 aliphatic carbocycles. The molecule has 0 atom stereocenters. The number of amides is 2. The van der Waals surface area contributed by atoms with Gasteiger partial charge in [-0.1, -0.05) is 23.4 Å². The molecule has 2 aromatic heterocycles. The zero-order chi connectivity index (χ0) is 19.0. The summed E-state index contributed by atoms with van der Waals surface area (Å²) in [6.45, 7) is 0.893. The van der Waals surface area contributed by atoms with Crippen LogP contribution in [0, 0.1) is 0 Å². The van der Waals surface area contributed by atoms with Gasteiger partial charge in [-0.25, -0.2) is 4.79 Å². The lowest BCUT2D eigenvalue weighted by molar-refractivity contribution is -0.159. The molecule has 2 amide bonds. The minimum absolute atomic E-state index is 0.0954. The van der Waals surface area contributed by atoms with Gasteiger partial charge in [0.25, 0.3) is 0 Å². The quantitative estimate of drug-likeness (QED) is 0.699. The molecular formula is C17H13F3N4O2S. The summed E-state index contributed by atoms with van der Waals surface area (Å²) in [7, 11) is 0. The van der Waals surface area contributed by atoms with Gasteiger partial charge in [0.2, 0.25) is 5.82 Å². The second kappa shape index (κ2) is 6.69. The van der Waals surface area contributed by atoms with Crippen molar-refractivity contribution in [2.45, 2.75) is 19.1 Å².